The van der Waals surface area contributed by atoms with Crippen LogP contribution in [0.25, 0.3) is 0 Å². The first-order valence-electron chi connectivity index (χ1n) is 8.75. The third-order valence-corrected chi connectivity index (χ3v) is 6.04. The van der Waals surface area contributed by atoms with E-state index in [2.05, 4.69) is 10.0 Å². The van der Waals surface area contributed by atoms with Crippen LogP contribution in [0.5, 0.6) is 5.75 Å². The number of hydrogen-bond donors (Lipinski definition) is 2. The van der Waals surface area contributed by atoms with E-state index in [0.717, 1.165) is 5.75 Å². The van der Waals surface area contributed by atoms with Crippen molar-refractivity contribution in [3.63, 3.8) is 0 Å². The van der Waals surface area contributed by atoms with Crippen molar-refractivity contribution < 1.29 is 17.9 Å². The first kappa shape index (κ1) is 19.2. The van der Waals surface area contributed by atoms with E-state index in [-0.39, 0.29) is 17.0 Å². The van der Waals surface area contributed by atoms with Crippen molar-refractivity contribution in [2.75, 3.05) is 25.5 Å². The summed E-state index contributed by atoms with van der Waals surface area (Å²) in [4.78, 5) is 14.3. The van der Waals surface area contributed by atoms with Gasteiger partial charge in [-0.3, -0.25) is 0 Å². The van der Waals surface area contributed by atoms with E-state index in [9.17, 15) is 13.2 Å². The molecule has 144 valence electrons. The van der Waals surface area contributed by atoms with Crippen LogP contribution in [-0.2, 0) is 10.0 Å². The molecule has 27 heavy (non-hydrogen) atoms. The summed E-state index contributed by atoms with van der Waals surface area (Å²) >= 11 is 0. The van der Waals surface area contributed by atoms with Crippen molar-refractivity contribution in [1.29, 1.82) is 0 Å². The second-order valence-corrected chi connectivity index (χ2v) is 8.07. The molecule has 1 aliphatic rings. The van der Waals surface area contributed by atoms with Crippen LogP contribution in [0, 0.1) is 0 Å². The molecule has 0 radical (unpaired) electrons. The highest BCUT2D eigenvalue weighted by molar-refractivity contribution is 7.89. The van der Waals surface area contributed by atoms with Crippen LogP contribution < -0.4 is 14.8 Å². The highest BCUT2D eigenvalue weighted by Gasteiger charge is 2.26. The Labute approximate surface area is 159 Å². The summed E-state index contributed by atoms with van der Waals surface area (Å²) < 4.78 is 32.6. The maximum atomic E-state index is 12.4. The Kier molecular flexibility index (Phi) is 5.98. The largest absolute Gasteiger partial charge is 0.497 e. The zero-order valence-electron chi connectivity index (χ0n) is 15.1. The molecule has 0 atom stereocenters. The van der Waals surface area contributed by atoms with Gasteiger partial charge in [0.1, 0.15) is 5.75 Å². The summed E-state index contributed by atoms with van der Waals surface area (Å²) in [5, 5.41) is 2.84. The molecule has 0 spiro atoms. The van der Waals surface area contributed by atoms with E-state index in [4.69, 9.17) is 4.74 Å². The van der Waals surface area contributed by atoms with Crippen LogP contribution in [0.1, 0.15) is 12.8 Å². The fourth-order valence-electron chi connectivity index (χ4n) is 2.96. The minimum atomic E-state index is -3.53. The molecule has 2 amide bonds. The molecule has 1 fully saturated rings. The van der Waals surface area contributed by atoms with E-state index in [1.165, 1.54) is 0 Å². The zero-order valence-corrected chi connectivity index (χ0v) is 15.9. The SMILES string of the molecule is COc1ccc(NC(=O)N2CCC(NS(=O)(=O)c3ccccc3)CC2)cc1. The second-order valence-electron chi connectivity index (χ2n) is 6.35. The number of piperidine rings is 1. The lowest BCUT2D eigenvalue weighted by molar-refractivity contribution is 0.193. The topological polar surface area (TPSA) is 87.7 Å². The normalized spacial score (nSPS) is 15.4. The van der Waals surface area contributed by atoms with Crippen LogP contribution >= 0.6 is 0 Å². The molecule has 8 heteroatoms. The van der Waals surface area contributed by atoms with Crippen molar-refractivity contribution in [2.45, 2.75) is 23.8 Å². The molecular weight excluding hydrogens is 366 g/mol. The van der Waals surface area contributed by atoms with Crippen LogP contribution in [0.15, 0.2) is 59.5 Å². The highest BCUT2D eigenvalue weighted by atomic mass is 32.2. The molecule has 1 heterocycles. The number of carbonyl (C=O) groups excluding carboxylic acids is 1. The summed E-state index contributed by atoms with van der Waals surface area (Å²) in [5.74, 6) is 0.722. The number of carbonyl (C=O) groups is 1. The average Bonchev–Trinajstić information content (AvgIpc) is 2.69. The lowest BCUT2D eigenvalue weighted by Crippen LogP contribution is -2.47. The van der Waals surface area contributed by atoms with Crippen LogP contribution in [0.2, 0.25) is 0 Å². The lowest BCUT2D eigenvalue weighted by Gasteiger charge is -2.32. The number of rotatable bonds is 5. The predicted molar refractivity (Wildman–Crippen MR) is 103 cm³/mol. The summed E-state index contributed by atoms with van der Waals surface area (Å²) in [5.41, 5.74) is 0.688. The van der Waals surface area contributed by atoms with Crippen LogP contribution in [-0.4, -0.2) is 45.6 Å². The first-order chi connectivity index (χ1) is 13.0. The number of likely N-dealkylation sites (tertiary alicyclic amines) is 1. The molecule has 2 aromatic carbocycles. The van der Waals surface area contributed by atoms with Gasteiger partial charge in [0.2, 0.25) is 10.0 Å². The molecule has 0 unspecified atom stereocenters. The molecule has 2 N–H and O–H groups in total. The van der Waals surface area contributed by atoms with E-state index < -0.39 is 10.0 Å². The summed E-state index contributed by atoms with van der Waals surface area (Å²) in [7, 11) is -1.95. The number of hydrogen-bond acceptors (Lipinski definition) is 4. The number of amides is 2. The summed E-state index contributed by atoms with van der Waals surface area (Å²) in [6, 6.07) is 15.0. The Morgan fingerprint density at radius 2 is 1.67 bits per heavy atom. The monoisotopic (exact) mass is 389 g/mol. The van der Waals surface area contributed by atoms with Gasteiger partial charge in [0.05, 0.1) is 12.0 Å². The minimum absolute atomic E-state index is 0.180. The number of anilines is 1. The molecule has 0 saturated carbocycles. The van der Waals surface area contributed by atoms with Crippen molar-refractivity contribution in [3.05, 3.63) is 54.6 Å². The van der Waals surface area contributed by atoms with E-state index in [1.807, 2.05) is 0 Å². The molecule has 1 aliphatic heterocycles. The van der Waals surface area contributed by atoms with E-state index in [1.54, 1.807) is 66.6 Å². The average molecular weight is 389 g/mol. The molecule has 0 bridgehead atoms. The van der Waals surface area contributed by atoms with Crippen molar-refractivity contribution in [1.82, 2.24) is 9.62 Å². The molecule has 1 saturated heterocycles. The highest BCUT2D eigenvalue weighted by Crippen LogP contribution is 2.18. The molecule has 0 aromatic heterocycles. The van der Waals surface area contributed by atoms with Crippen LogP contribution in [0.4, 0.5) is 10.5 Å². The molecule has 2 aromatic rings. The number of nitrogens with zero attached hydrogens (tertiary/aromatic N) is 1. The van der Waals surface area contributed by atoms with Crippen molar-refractivity contribution >= 4 is 21.7 Å². The van der Waals surface area contributed by atoms with Gasteiger partial charge in [-0.25, -0.2) is 17.9 Å². The van der Waals surface area contributed by atoms with E-state index in [0.29, 0.717) is 31.6 Å². The maximum Gasteiger partial charge on any atom is 0.321 e. The van der Waals surface area contributed by atoms with Gasteiger partial charge in [0.25, 0.3) is 0 Å². The second kappa shape index (κ2) is 8.41. The Balaban J connectivity index is 1.51. The Morgan fingerprint density at radius 1 is 1.04 bits per heavy atom. The standard InChI is InChI=1S/C19H23N3O4S/c1-26-17-9-7-15(8-10-17)20-19(23)22-13-11-16(12-14-22)21-27(24,25)18-5-3-2-4-6-18/h2-10,16,21H,11-14H2,1H3,(H,20,23). The van der Waals surface area contributed by atoms with Gasteiger partial charge in [-0.1, -0.05) is 18.2 Å². The number of benzene rings is 2. The third kappa shape index (κ3) is 4.99. The van der Waals surface area contributed by atoms with Gasteiger partial charge in [-0.05, 0) is 49.2 Å². The Bertz CT molecular complexity index is 862. The number of urea groups is 1. The summed E-state index contributed by atoms with van der Waals surface area (Å²) in [6.45, 7) is 0.980. The quantitative estimate of drug-likeness (QED) is 0.823. The third-order valence-electron chi connectivity index (χ3n) is 4.50. The number of methoxy groups -OCH3 is 1. The van der Waals surface area contributed by atoms with E-state index >= 15 is 0 Å². The molecule has 0 aliphatic carbocycles. The Hall–Kier alpha value is -2.58. The maximum absolute atomic E-state index is 12.4. The van der Waals surface area contributed by atoms with Gasteiger partial charge >= 0.3 is 6.03 Å². The molecule has 3 rings (SSSR count). The fourth-order valence-corrected chi connectivity index (χ4v) is 4.29. The first-order valence-corrected chi connectivity index (χ1v) is 10.2. The Morgan fingerprint density at radius 3 is 2.26 bits per heavy atom. The number of ether oxygens (including phenoxy) is 1. The van der Waals surface area contributed by atoms with Crippen molar-refractivity contribution in [3.8, 4) is 5.75 Å². The molecule has 7 nitrogen and oxygen atoms in total. The van der Waals surface area contributed by atoms with Crippen molar-refractivity contribution in [2.24, 2.45) is 0 Å². The fraction of sp³-hybridized carbons (Fsp3) is 0.316. The minimum Gasteiger partial charge on any atom is -0.497 e. The lowest BCUT2D eigenvalue weighted by atomic mass is 10.1. The zero-order chi connectivity index (χ0) is 19.3. The predicted octanol–water partition coefficient (Wildman–Crippen LogP) is 2.67. The van der Waals surface area contributed by atoms with Gasteiger partial charge in [0.15, 0.2) is 0 Å². The van der Waals surface area contributed by atoms with Gasteiger partial charge in [-0.2, -0.15) is 0 Å². The van der Waals surface area contributed by atoms with Crippen LogP contribution in [0.3, 0.4) is 0 Å². The number of sulfonamides is 1. The summed E-state index contributed by atoms with van der Waals surface area (Å²) in [6.07, 6.45) is 1.14. The smallest absolute Gasteiger partial charge is 0.321 e. The number of nitrogens with one attached hydrogen (secondary N) is 2. The van der Waals surface area contributed by atoms with Gasteiger partial charge in [-0.15, -0.1) is 0 Å². The van der Waals surface area contributed by atoms with Gasteiger partial charge in [0, 0.05) is 24.8 Å². The molecular formula is C19H23N3O4S. The van der Waals surface area contributed by atoms with Gasteiger partial charge < -0.3 is 15.0 Å².